The molecule has 0 unspecified atom stereocenters. The van der Waals surface area contributed by atoms with Crippen molar-refractivity contribution in [1.29, 1.82) is 0 Å². The predicted molar refractivity (Wildman–Crippen MR) is 59.4 cm³/mol. The maximum absolute atomic E-state index is 11.9. The molecule has 1 fully saturated rings. The average Bonchev–Trinajstić information content (AvgIpc) is 2.85. The van der Waals surface area contributed by atoms with E-state index < -0.39 is 47.2 Å². The Morgan fingerprint density at radius 1 is 1.15 bits per heavy atom. The number of hydroxylamine groups is 5. The van der Waals surface area contributed by atoms with E-state index in [0.717, 1.165) is 12.2 Å². The summed E-state index contributed by atoms with van der Waals surface area (Å²) < 4.78 is -1.79. The Morgan fingerprint density at radius 2 is 1.65 bits per heavy atom. The summed E-state index contributed by atoms with van der Waals surface area (Å²) in [4.78, 5) is 60.8. The van der Waals surface area contributed by atoms with Gasteiger partial charge in [-0.25, -0.2) is 19.0 Å². The SMILES string of the molecule is O=C(CC[N+]1([O-])C(=O)C=CC1=O)ON1C(=O)CCC1=O. The molecule has 9 nitrogen and oxygen atoms in total. The van der Waals surface area contributed by atoms with Gasteiger partial charge in [-0.15, -0.1) is 5.06 Å². The first kappa shape index (κ1) is 14.0. The number of rotatable bonds is 4. The van der Waals surface area contributed by atoms with Gasteiger partial charge in [0.15, 0.2) is 0 Å². The van der Waals surface area contributed by atoms with Crippen molar-refractivity contribution in [2.24, 2.45) is 0 Å². The summed E-state index contributed by atoms with van der Waals surface area (Å²) in [5, 5.41) is 12.2. The molecular weight excluding hydrogens is 272 g/mol. The lowest BCUT2D eigenvalue weighted by Gasteiger charge is -2.31. The van der Waals surface area contributed by atoms with Gasteiger partial charge in [-0.05, 0) is 0 Å². The van der Waals surface area contributed by atoms with Gasteiger partial charge in [0.25, 0.3) is 11.8 Å². The largest absolute Gasteiger partial charge is 0.617 e. The smallest absolute Gasteiger partial charge is 0.346 e. The third kappa shape index (κ3) is 2.36. The van der Waals surface area contributed by atoms with Gasteiger partial charge in [-0.1, -0.05) is 0 Å². The van der Waals surface area contributed by atoms with Gasteiger partial charge in [0, 0.05) is 12.8 Å². The minimum atomic E-state index is -1.79. The van der Waals surface area contributed by atoms with Crippen LogP contribution >= 0.6 is 0 Å². The second kappa shape index (κ2) is 4.94. The number of quaternary nitrogens is 1. The molecule has 0 bridgehead atoms. The van der Waals surface area contributed by atoms with Crippen molar-refractivity contribution in [2.75, 3.05) is 6.54 Å². The van der Waals surface area contributed by atoms with E-state index in [2.05, 4.69) is 4.84 Å². The van der Waals surface area contributed by atoms with Crippen LogP contribution in [-0.2, 0) is 28.8 Å². The van der Waals surface area contributed by atoms with Crippen molar-refractivity contribution in [2.45, 2.75) is 19.3 Å². The number of nitrogens with zero attached hydrogens (tertiary/aromatic N) is 2. The van der Waals surface area contributed by atoms with E-state index in [9.17, 15) is 29.2 Å². The van der Waals surface area contributed by atoms with Gasteiger partial charge in [0.1, 0.15) is 6.54 Å². The van der Waals surface area contributed by atoms with Gasteiger partial charge in [0.05, 0.1) is 18.6 Å². The fraction of sp³-hybridized carbons (Fsp3) is 0.364. The molecule has 2 aliphatic rings. The molecule has 0 aromatic heterocycles. The highest BCUT2D eigenvalue weighted by Gasteiger charge is 2.39. The zero-order valence-corrected chi connectivity index (χ0v) is 10.2. The summed E-state index contributed by atoms with van der Waals surface area (Å²) >= 11 is 0. The lowest BCUT2D eigenvalue weighted by Crippen LogP contribution is -2.49. The third-order valence-electron chi connectivity index (χ3n) is 2.91. The second-order valence-corrected chi connectivity index (χ2v) is 4.27. The third-order valence-corrected chi connectivity index (χ3v) is 2.91. The van der Waals surface area contributed by atoms with Crippen LogP contribution in [0.1, 0.15) is 19.3 Å². The molecule has 0 atom stereocenters. The Bertz CT molecular complexity index is 517. The van der Waals surface area contributed by atoms with Gasteiger partial charge in [0.2, 0.25) is 0 Å². The number of amides is 4. The Balaban J connectivity index is 1.90. The van der Waals surface area contributed by atoms with Crippen LogP contribution in [0, 0.1) is 5.21 Å². The minimum absolute atomic E-state index is 0.0471. The van der Waals surface area contributed by atoms with Crippen LogP contribution in [-0.4, -0.2) is 45.9 Å². The van der Waals surface area contributed by atoms with Crippen LogP contribution in [0.4, 0.5) is 0 Å². The quantitative estimate of drug-likeness (QED) is 0.365. The van der Waals surface area contributed by atoms with Crippen LogP contribution in [0.25, 0.3) is 0 Å². The van der Waals surface area contributed by atoms with Crippen LogP contribution in [0.2, 0.25) is 0 Å². The van der Waals surface area contributed by atoms with Crippen molar-refractivity contribution in [3.8, 4) is 0 Å². The van der Waals surface area contributed by atoms with Gasteiger partial charge >= 0.3 is 17.8 Å². The van der Waals surface area contributed by atoms with Crippen LogP contribution in [0.15, 0.2) is 12.2 Å². The zero-order valence-electron chi connectivity index (χ0n) is 10.2. The van der Waals surface area contributed by atoms with E-state index in [1.54, 1.807) is 0 Å². The number of hydrogen-bond donors (Lipinski definition) is 0. The monoisotopic (exact) mass is 282 g/mol. The molecule has 0 radical (unpaired) electrons. The lowest BCUT2D eigenvalue weighted by atomic mass is 10.4. The molecule has 2 aliphatic heterocycles. The summed E-state index contributed by atoms with van der Waals surface area (Å²) in [6, 6.07) is 0. The minimum Gasteiger partial charge on any atom is -0.617 e. The topological polar surface area (TPSA) is 121 Å². The van der Waals surface area contributed by atoms with E-state index in [0.29, 0.717) is 5.06 Å². The first-order chi connectivity index (χ1) is 9.34. The highest BCUT2D eigenvalue weighted by Crippen LogP contribution is 2.17. The fourth-order valence-electron chi connectivity index (χ4n) is 1.77. The Morgan fingerprint density at radius 3 is 2.15 bits per heavy atom. The van der Waals surface area contributed by atoms with E-state index in [4.69, 9.17) is 0 Å². The molecule has 0 aromatic carbocycles. The molecule has 0 aliphatic carbocycles. The van der Waals surface area contributed by atoms with Gasteiger partial charge in [-0.3, -0.25) is 9.59 Å². The summed E-state index contributed by atoms with van der Waals surface area (Å²) in [5.74, 6) is -4.28. The summed E-state index contributed by atoms with van der Waals surface area (Å²) in [6.45, 7) is -0.639. The maximum Gasteiger partial charge on any atom is 0.346 e. The van der Waals surface area contributed by atoms with Crippen LogP contribution in [0.3, 0.4) is 0 Å². The Hall–Kier alpha value is -2.39. The molecule has 0 aromatic rings. The molecule has 0 saturated carbocycles. The predicted octanol–water partition coefficient (Wildman–Crippen LogP) is -1.08. The number of hydrogen-bond acceptors (Lipinski definition) is 7. The van der Waals surface area contributed by atoms with E-state index in [1.165, 1.54) is 0 Å². The molecule has 106 valence electrons. The number of imide groups is 2. The first-order valence-electron chi connectivity index (χ1n) is 5.77. The Labute approximate surface area is 112 Å². The number of carbonyl (C=O) groups is 5. The van der Waals surface area contributed by atoms with Crippen molar-refractivity contribution < 1.29 is 33.5 Å². The van der Waals surface area contributed by atoms with Gasteiger partial charge in [-0.2, -0.15) is 0 Å². The lowest BCUT2D eigenvalue weighted by molar-refractivity contribution is -0.717. The maximum atomic E-state index is 11.9. The van der Waals surface area contributed by atoms with Crippen molar-refractivity contribution in [3.63, 3.8) is 0 Å². The van der Waals surface area contributed by atoms with Crippen LogP contribution < -0.4 is 0 Å². The zero-order chi connectivity index (χ0) is 14.9. The molecular formula is C11H10N2O7. The molecule has 20 heavy (non-hydrogen) atoms. The highest BCUT2D eigenvalue weighted by atomic mass is 16.7. The van der Waals surface area contributed by atoms with Crippen molar-refractivity contribution in [1.82, 2.24) is 5.06 Å². The molecule has 9 heteroatoms. The first-order valence-corrected chi connectivity index (χ1v) is 5.77. The van der Waals surface area contributed by atoms with E-state index in [-0.39, 0.29) is 12.8 Å². The average molecular weight is 282 g/mol. The van der Waals surface area contributed by atoms with Crippen LogP contribution in [0.5, 0.6) is 0 Å². The van der Waals surface area contributed by atoms with Crippen molar-refractivity contribution >= 4 is 29.6 Å². The summed E-state index contributed by atoms with van der Waals surface area (Å²) in [7, 11) is 0. The van der Waals surface area contributed by atoms with E-state index in [1.807, 2.05) is 0 Å². The molecule has 4 amide bonds. The van der Waals surface area contributed by atoms with E-state index >= 15 is 0 Å². The number of carbonyl (C=O) groups excluding carboxylic acids is 5. The highest BCUT2D eigenvalue weighted by molar-refractivity contribution is 6.04. The summed E-state index contributed by atoms with van der Waals surface area (Å²) in [5.41, 5.74) is 0. The molecule has 0 N–H and O–H groups in total. The standard InChI is InChI=1S/C11H10N2O7/c14-7-1-2-8(15)12(7)20-11(18)5-6-13(19)9(16)3-4-10(13)17/h3-4H,1-2,5-6H2. The van der Waals surface area contributed by atoms with Crippen molar-refractivity contribution in [3.05, 3.63) is 17.4 Å². The van der Waals surface area contributed by atoms with Gasteiger partial charge < -0.3 is 10.0 Å². The Kier molecular flexibility index (Phi) is 3.47. The molecule has 2 rings (SSSR count). The normalized spacial score (nSPS) is 20.9. The fourth-order valence-corrected chi connectivity index (χ4v) is 1.77. The molecule has 1 saturated heterocycles. The molecule has 0 spiro atoms. The summed E-state index contributed by atoms with van der Waals surface area (Å²) in [6.07, 6.45) is 1.02. The second-order valence-electron chi connectivity index (χ2n) is 4.27. The molecule has 2 heterocycles.